The minimum Gasteiger partial charge on any atom is -0.462 e. The lowest BCUT2D eigenvalue weighted by atomic mass is 10.0. The van der Waals surface area contributed by atoms with E-state index in [1.807, 2.05) is 0 Å². The molecule has 0 rings (SSSR count). The lowest BCUT2D eigenvalue weighted by Crippen LogP contribution is -2.30. The Morgan fingerprint density at radius 1 is 0.259 bits per heavy atom. The van der Waals surface area contributed by atoms with E-state index in [1.54, 1.807) is 0 Å². The van der Waals surface area contributed by atoms with Crippen LogP contribution < -0.4 is 0 Å². The first-order chi connectivity index (χ1) is 40.0. The Bertz CT molecular complexity index is 1440. The van der Waals surface area contributed by atoms with Crippen LogP contribution in [0.2, 0.25) is 0 Å². The van der Waals surface area contributed by atoms with Crippen molar-refractivity contribution < 1.29 is 28.6 Å². The molecule has 0 spiro atoms. The van der Waals surface area contributed by atoms with Gasteiger partial charge in [-0.1, -0.05) is 358 Å². The third-order valence-corrected chi connectivity index (χ3v) is 16.0. The largest absolute Gasteiger partial charge is 0.462 e. The van der Waals surface area contributed by atoms with E-state index in [2.05, 4.69) is 81.5 Å². The second-order valence-corrected chi connectivity index (χ2v) is 24.1. The molecule has 0 aromatic rings. The predicted molar refractivity (Wildman–Crippen MR) is 353 cm³/mol. The van der Waals surface area contributed by atoms with Crippen molar-refractivity contribution in [2.24, 2.45) is 0 Å². The second kappa shape index (κ2) is 69.6. The van der Waals surface area contributed by atoms with Crippen LogP contribution >= 0.6 is 0 Å². The molecular weight excluding hydrogens is 997 g/mol. The van der Waals surface area contributed by atoms with Crippen molar-refractivity contribution in [2.75, 3.05) is 13.2 Å². The standard InChI is InChI=1S/C75H136O6/c1-4-7-10-13-16-19-22-25-28-30-32-34-35-36-37-38-39-40-41-42-44-45-47-50-53-56-59-62-65-68-74(77)80-71-72(70-79-73(76)67-64-61-58-55-52-49-27-24-21-18-15-12-9-6-3)81-75(78)69-66-63-60-57-54-51-48-46-43-33-31-29-26-23-20-17-14-11-8-5-2/h7,10,16,19,25,28,32,34,36-37,72H,4-6,8-9,11-15,17-18,20-24,26-27,29-31,33,35,38-71H2,1-3H3/b10-7-,19-16-,28-25-,34-32-,37-36-. The molecule has 0 heterocycles. The number of hydrogen-bond donors (Lipinski definition) is 0. The quantitative estimate of drug-likeness (QED) is 0.0261. The first-order valence-corrected chi connectivity index (χ1v) is 35.8. The zero-order chi connectivity index (χ0) is 58.5. The summed E-state index contributed by atoms with van der Waals surface area (Å²) in [5.41, 5.74) is 0. The van der Waals surface area contributed by atoms with Gasteiger partial charge in [0.05, 0.1) is 0 Å². The molecule has 6 heteroatoms. The molecule has 0 radical (unpaired) electrons. The highest BCUT2D eigenvalue weighted by Gasteiger charge is 2.19. The van der Waals surface area contributed by atoms with E-state index in [4.69, 9.17) is 14.2 Å². The van der Waals surface area contributed by atoms with E-state index in [0.29, 0.717) is 19.3 Å². The van der Waals surface area contributed by atoms with Gasteiger partial charge in [-0.3, -0.25) is 14.4 Å². The number of hydrogen-bond acceptors (Lipinski definition) is 6. The Hall–Kier alpha value is -2.89. The van der Waals surface area contributed by atoms with Crippen LogP contribution in [0.5, 0.6) is 0 Å². The third kappa shape index (κ3) is 67.8. The van der Waals surface area contributed by atoms with Crippen LogP contribution in [-0.2, 0) is 28.6 Å². The van der Waals surface area contributed by atoms with Crippen molar-refractivity contribution in [3.05, 3.63) is 60.8 Å². The first-order valence-electron chi connectivity index (χ1n) is 35.8. The molecule has 0 aromatic heterocycles. The fourth-order valence-electron chi connectivity index (χ4n) is 10.7. The SMILES string of the molecule is CC/C=C\C/C=C\C/C=C\C/C=C\C/C=C\CCCCCCCCCCCCCCCC(=O)OCC(COC(=O)CCCCCCCCCCCCCCCC)OC(=O)CCCCCCCCCCCCCCCCCCCCCC. The third-order valence-electron chi connectivity index (χ3n) is 16.0. The topological polar surface area (TPSA) is 78.9 Å². The monoisotopic (exact) mass is 1130 g/mol. The summed E-state index contributed by atoms with van der Waals surface area (Å²) in [7, 11) is 0. The maximum atomic E-state index is 13.0. The van der Waals surface area contributed by atoms with E-state index in [-0.39, 0.29) is 31.1 Å². The Labute approximate surface area is 504 Å². The number of ether oxygens (including phenoxy) is 3. The fraction of sp³-hybridized carbons (Fsp3) is 0.827. The van der Waals surface area contributed by atoms with Crippen LogP contribution in [0.3, 0.4) is 0 Å². The molecule has 0 saturated heterocycles. The maximum Gasteiger partial charge on any atom is 0.306 e. The van der Waals surface area contributed by atoms with Gasteiger partial charge in [0.2, 0.25) is 0 Å². The highest BCUT2D eigenvalue weighted by atomic mass is 16.6. The smallest absolute Gasteiger partial charge is 0.306 e. The molecule has 0 bridgehead atoms. The lowest BCUT2D eigenvalue weighted by Gasteiger charge is -2.18. The summed E-state index contributed by atoms with van der Waals surface area (Å²) in [6.07, 6.45) is 89.6. The van der Waals surface area contributed by atoms with E-state index in [9.17, 15) is 14.4 Å². The van der Waals surface area contributed by atoms with Crippen molar-refractivity contribution in [3.63, 3.8) is 0 Å². The van der Waals surface area contributed by atoms with Gasteiger partial charge in [0, 0.05) is 19.3 Å². The number of carbonyl (C=O) groups is 3. The van der Waals surface area contributed by atoms with Gasteiger partial charge in [0.25, 0.3) is 0 Å². The van der Waals surface area contributed by atoms with Crippen LogP contribution in [0.15, 0.2) is 60.8 Å². The van der Waals surface area contributed by atoms with Crippen molar-refractivity contribution in [1.29, 1.82) is 0 Å². The Balaban J connectivity index is 4.23. The van der Waals surface area contributed by atoms with E-state index < -0.39 is 6.10 Å². The number of esters is 3. The van der Waals surface area contributed by atoms with Gasteiger partial charge in [-0.15, -0.1) is 0 Å². The fourth-order valence-corrected chi connectivity index (χ4v) is 10.7. The van der Waals surface area contributed by atoms with Crippen molar-refractivity contribution >= 4 is 17.9 Å². The van der Waals surface area contributed by atoms with Gasteiger partial charge >= 0.3 is 17.9 Å². The Morgan fingerprint density at radius 2 is 0.481 bits per heavy atom. The molecule has 1 unspecified atom stereocenters. The van der Waals surface area contributed by atoms with Crippen LogP contribution in [0.25, 0.3) is 0 Å². The van der Waals surface area contributed by atoms with E-state index in [0.717, 1.165) is 89.9 Å². The Morgan fingerprint density at radius 3 is 0.753 bits per heavy atom. The van der Waals surface area contributed by atoms with Crippen molar-refractivity contribution in [3.8, 4) is 0 Å². The summed E-state index contributed by atoms with van der Waals surface area (Å²) in [5.74, 6) is -0.840. The normalized spacial score (nSPS) is 12.4. The number of carbonyl (C=O) groups excluding carboxylic acids is 3. The summed E-state index contributed by atoms with van der Waals surface area (Å²) in [6.45, 7) is 6.60. The minimum atomic E-state index is -0.771. The highest BCUT2D eigenvalue weighted by Crippen LogP contribution is 2.18. The zero-order valence-electron chi connectivity index (χ0n) is 54.3. The molecule has 1 atom stereocenters. The molecule has 0 aliphatic carbocycles. The summed E-state index contributed by atoms with van der Waals surface area (Å²) in [6, 6.07) is 0. The molecule has 81 heavy (non-hydrogen) atoms. The highest BCUT2D eigenvalue weighted by molar-refractivity contribution is 5.71. The van der Waals surface area contributed by atoms with Gasteiger partial charge in [-0.2, -0.15) is 0 Å². The molecule has 6 nitrogen and oxygen atoms in total. The molecule has 0 aliphatic rings. The summed E-state index contributed by atoms with van der Waals surface area (Å²) in [4.78, 5) is 38.5. The number of rotatable bonds is 66. The van der Waals surface area contributed by atoms with E-state index in [1.165, 1.54) is 250 Å². The van der Waals surface area contributed by atoms with Gasteiger partial charge in [-0.25, -0.2) is 0 Å². The number of unbranched alkanes of at least 4 members (excludes halogenated alkanes) is 45. The lowest BCUT2D eigenvalue weighted by molar-refractivity contribution is -0.167. The average molecular weight is 1130 g/mol. The van der Waals surface area contributed by atoms with Crippen LogP contribution in [-0.4, -0.2) is 37.2 Å². The zero-order valence-corrected chi connectivity index (χ0v) is 54.3. The predicted octanol–water partition coefficient (Wildman–Crippen LogP) is 24.7. The molecule has 0 aromatic carbocycles. The van der Waals surface area contributed by atoms with Crippen LogP contribution in [0, 0.1) is 0 Å². The van der Waals surface area contributed by atoms with Crippen molar-refractivity contribution in [1.82, 2.24) is 0 Å². The van der Waals surface area contributed by atoms with Gasteiger partial charge in [-0.05, 0) is 64.2 Å². The first kappa shape index (κ1) is 78.1. The maximum absolute atomic E-state index is 13.0. The molecular formula is C75H136O6. The van der Waals surface area contributed by atoms with Crippen LogP contribution in [0.4, 0.5) is 0 Å². The summed E-state index contributed by atoms with van der Waals surface area (Å²) < 4.78 is 17.0. The molecule has 0 fully saturated rings. The van der Waals surface area contributed by atoms with Gasteiger partial charge in [0.15, 0.2) is 6.10 Å². The molecule has 472 valence electrons. The molecule has 0 aliphatic heterocycles. The van der Waals surface area contributed by atoms with Gasteiger partial charge in [0.1, 0.15) is 13.2 Å². The van der Waals surface area contributed by atoms with Crippen molar-refractivity contribution in [2.45, 2.75) is 386 Å². The average Bonchev–Trinajstić information content (AvgIpc) is 3.47. The molecule has 0 N–H and O–H groups in total. The second-order valence-electron chi connectivity index (χ2n) is 24.1. The Kier molecular flexibility index (Phi) is 67.1. The van der Waals surface area contributed by atoms with E-state index >= 15 is 0 Å². The number of allylic oxidation sites excluding steroid dienone is 10. The molecule has 0 saturated carbocycles. The summed E-state index contributed by atoms with van der Waals surface area (Å²) in [5, 5.41) is 0. The minimum absolute atomic E-state index is 0.0673. The van der Waals surface area contributed by atoms with Crippen LogP contribution in [0.1, 0.15) is 380 Å². The van der Waals surface area contributed by atoms with Gasteiger partial charge < -0.3 is 14.2 Å². The molecule has 0 amide bonds. The summed E-state index contributed by atoms with van der Waals surface area (Å²) >= 11 is 0.